The van der Waals surface area contributed by atoms with Crippen molar-refractivity contribution in [3.63, 3.8) is 0 Å². The van der Waals surface area contributed by atoms with Crippen LogP contribution in [0.3, 0.4) is 0 Å². The van der Waals surface area contributed by atoms with Crippen LogP contribution in [0.2, 0.25) is 0 Å². The molecule has 0 radical (unpaired) electrons. The third kappa shape index (κ3) is 3.50. The van der Waals surface area contributed by atoms with Crippen LogP contribution < -0.4 is 5.73 Å². The van der Waals surface area contributed by atoms with Gasteiger partial charge >= 0.3 is 0 Å². The average molecular weight is 282 g/mol. The lowest BCUT2D eigenvalue weighted by Crippen LogP contribution is -2.22. The van der Waals surface area contributed by atoms with Crippen LogP contribution in [0.1, 0.15) is 23.1 Å². The first kappa shape index (κ1) is 15.3. The van der Waals surface area contributed by atoms with Crippen molar-refractivity contribution in [2.24, 2.45) is 16.6 Å². The molecule has 1 aliphatic rings. The van der Waals surface area contributed by atoms with Crippen LogP contribution in [0, 0.1) is 24.2 Å². The van der Waals surface area contributed by atoms with Gasteiger partial charge in [-0.25, -0.2) is 0 Å². The van der Waals surface area contributed by atoms with Crippen LogP contribution in [0.25, 0.3) is 5.57 Å². The lowest BCUT2D eigenvalue weighted by atomic mass is 9.93. The molecule has 2 rings (SSSR count). The number of nitrogens with two attached hydrogens (primary N) is 1. The smallest absolute Gasteiger partial charge is 0.0991 e. The predicted octanol–water partition coefficient (Wildman–Crippen LogP) is 2.19. The highest BCUT2D eigenvalue weighted by Crippen LogP contribution is 2.27. The number of benzene rings is 1. The quantitative estimate of drug-likeness (QED) is 0.920. The van der Waals surface area contributed by atoms with E-state index in [1.807, 2.05) is 25.1 Å². The van der Waals surface area contributed by atoms with E-state index < -0.39 is 0 Å². The van der Waals surface area contributed by atoms with Gasteiger partial charge in [0.1, 0.15) is 0 Å². The van der Waals surface area contributed by atoms with E-state index in [1.54, 1.807) is 6.20 Å². The second-order valence-electron chi connectivity index (χ2n) is 5.84. The third-order valence-corrected chi connectivity index (χ3v) is 3.77. The predicted molar refractivity (Wildman–Crippen MR) is 87.0 cm³/mol. The van der Waals surface area contributed by atoms with E-state index in [-0.39, 0.29) is 0 Å². The van der Waals surface area contributed by atoms with Crippen LogP contribution in [-0.2, 0) is 0 Å². The van der Waals surface area contributed by atoms with Gasteiger partial charge < -0.3 is 10.6 Å². The molecular weight excluding hydrogens is 260 g/mol. The fraction of sp³-hybridized carbons (Fsp3) is 0.412. The van der Waals surface area contributed by atoms with Gasteiger partial charge in [0, 0.05) is 30.6 Å². The number of nitrogens with zero attached hydrogens (tertiary/aromatic N) is 3. The van der Waals surface area contributed by atoms with Crippen LogP contribution in [0.4, 0.5) is 0 Å². The number of hydrogen-bond acceptors (Lipinski definition) is 4. The van der Waals surface area contributed by atoms with E-state index in [4.69, 9.17) is 11.0 Å². The van der Waals surface area contributed by atoms with E-state index >= 15 is 0 Å². The number of nitriles is 1. The molecule has 1 aromatic rings. The zero-order valence-electron chi connectivity index (χ0n) is 12.9. The number of aryl methyl sites for hydroxylation is 1. The van der Waals surface area contributed by atoms with E-state index in [1.165, 1.54) is 0 Å². The van der Waals surface area contributed by atoms with Crippen LogP contribution in [0.15, 0.2) is 29.4 Å². The molecule has 110 valence electrons. The molecule has 1 aromatic carbocycles. The molecule has 0 saturated heterocycles. The zero-order valence-corrected chi connectivity index (χ0v) is 12.9. The Kier molecular flexibility index (Phi) is 4.77. The summed E-state index contributed by atoms with van der Waals surface area (Å²) >= 11 is 0. The van der Waals surface area contributed by atoms with Crippen molar-refractivity contribution in [2.45, 2.75) is 13.3 Å². The summed E-state index contributed by atoms with van der Waals surface area (Å²) < 4.78 is 0. The zero-order chi connectivity index (χ0) is 15.4. The first-order chi connectivity index (χ1) is 10.0. The van der Waals surface area contributed by atoms with Gasteiger partial charge in [0.15, 0.2) is 0 Å². The molecule has 0 aliphatic carbocycles. The Bertz CT molecular complexity index is 620. The second-order valence-corrected chi connectivity index (χ2v) is 5.84. The molecule has 0 aromatic heterocycles. The fourth-order valence-electron chi connectivity index (χ4n) is 2.85. The van der Waals surface area contributed by atoms with E-state index in [9.17, 15) is 0 Å². The monoisotopic (exact) mass is 282 g/mol. The first-order valence-corrected chi connectivity index (χ1v) is 7.16. The van der Waals surface area contributed by atoms with Crippen molar-refractivity contribution in [1.29, 1.82) is 5.26 Å². The minimum absolute atomic E-state index is 0.559. The van der Waals surface area contributed by atoms with Crippen molar-refractivity contribution >= 4 is 11.3 Å². The molecule has 0 spiro atoms. The molecule has 4 heteroatoms. The van der Waals surface area contributed by atoms with Crippen molar-refractivity contribution in [1.82, 2.24) is 4.90 Å². The molecular formula is C17H22N4. The van der Waals surface area contributed by atoms with Gasteiger partial charge in [0.2, 0.25) is 0 Å². The Balaban J connectivity index is 2.21. The van der Waals surface area contributed by atoms with Gasteiger partial charge in [0.05, 0.1) is 11.6 Å². The Hall–Kier alpha value is -2.12. The summed E-state index contributed by atoms with van der Waals surface area (Å²) in [5.41, 5.74) is 10.7. The standard InChI is InChI=1S/C17H22N4/c1-12-6-13(8-18)4-5-15(12)16(9-19)17-7-14(10-20-17)11-21(2)3/h4-6,9,14H,7,10-11,19H2,1-3H3. The fourth-order valence-corrected chi connectivity index (χ4v) is 2.85. The molecule has 2 N–H and O–H groups in total. The van der Waals surface area contributed by atoms with E-state index in [0.717, 1.165) is 41.9 Å². The largest absolute Gasteiger partial charge is 0.404 e. The normalized spacial score (nSPS) is 18.7. The highest BCUT2D eigenvalue weighted by atomic mass is 15.1. The van der Waals surface area contributed by atoms with Gasteiger partial charge in [-0.1, -0.05) is 6.07 Å². The van der Waals surface area contributed by atoms with Crippen molar-refractivity contribution in [2.75, 3.05) is 27.2 Å². The van der Waals surface area contributed by atoms with Crippen molar-refractivity contribution < 1.29 is 0 Å². The third-order valence-electron chi connectivity index (χ3n) is 3.77. The van der Waals surface area contributed by atoms with Crippen molar-refractivity contribution in [3.8, 4) is 6.07 Å². The molecule has 1 aliphatic heterocycles. The molecule has 1 unspecified atom stereocenters. The molecule has 0 amide bonds. The SMILES string of the molecule is Cc1cc(C#N)ccc1C(=CN)C1=NCC(CN(C)C)C1. The highest BCUT2D eigenvalue weighted by Gasteiger charge is 2.23. The minimum atomic E-state index is 0.559. The summed E-state index contributed by atoms with van der Waals surface area (Å²) in [5, 5.41) is 8.96. The average Bonchev–Trinajstić information content (AvgIpc) is 2.88. The first-order valence-electron chi connectivity index (χ1n) is 7.16. The van der Waals surface area contributed by atoms with E-state index in [2.05, 4.69) is 30.1 Å². The highest BCUT2D eigenvalue weighted by molar-refractivity contribution is 6.24. The molecule has 4 nitrogen and oxygen atoms in total. The molecule has 0 fully saturated rings. The number of allylic oxidation sites excluding steroid dienone is 1. The van der Waals surface area contributed by atoms with Gasteiger partial charge in [-0.3, -0.25) is 4.99 Å². The van der Waals surface area contributed by atoms with Crippen LogP contribution in [-0.4, -0.2) is 37.8 Å². The summed E-state index contributed by atoms with van der Waals surface area (Å²) in [5.74, 6) is 0.559. The summed E-state index contributed by atoms with van der Waals surface area (Å²) in [7, 11) is 4.17. The molecule has 0 saturated carbocycles. The molecule has 0 bridgehead atoms. The minimum Gasteiger partial charge on any atom is -0.404 e. The Morgan fingerprint density at radius 3 is 2.86 bits per heavy atom. The molecule has 1 heterocycles. The summed E-state index contributed by atoms with van der Waals surface area (Å²) in [6.07, 6.45) is 2.60. The van der Waals surface area contributed by atoms with Crippen molar-refractivity contribution in [3.05, 3.63) is 41.1 Å². The summed E-state index contributed by atoms with van der Waals surface area (Å²) in [4.78, 5) is 6.87. The number of aliphatic imine (C=N–C) groups is 1. The maximum absolute atomic E-state index is 8.96. The van der Waals surface area contributed by atoms with Gasteiger partial charge in [0.25, 0.3) is 0 Å². The van der Waals surface area contributed by atoms with E-state index in [0.29, 0.717) is 11.5 Å². The van der Waals surface area contributed by atoms with Gasteiger partial charge in [-0.2, -0.15) is 5.26 Å². The topological polar surface area (TPSA) is 65.4 Å². The lowest BCUT2D eigenvalue weighted by Gasteiger charge is -2.16. The molecule has 1 atom stereocenters. The summed E-state index contributed by atoms with van der Waals surface area (Å²) in [6, 6.07) is 7.86. The second kappa shape index (κ2) is 6.55. The van der Waals surface area contributed by atoms with Crippen LogP contribution >= 0.6 is 0 Å². The van der Waals surface area contributed by atoms with Crippen LogP contribution in [0.5, 0.6) is 0 Å². The maximum Gasteiger partial charge on any atom is 0.0991 e. The number of hydrogen-bond donors (Lipinski definition) is 1. The Morgan fingerprint density at radius 2 is 2.29 bits per heavy atom. The van der Waals surface area contributed by atoms with Gasteiger partial charge in [-0.15, -0.1) is 0 Å². The lowest BCUT2D eigenvalue weighted by molar-refractivity contribution is 0.342. The maximum atomic E-state index is 8.96. The summed E-state index contributed by atoms with van der Waals surface area (Å²) in [6.45, 7) is 3.91. The Morgan fingerprint density at radius 1 is 1.52 bits per heavy atom. The van der Waals surface area contributed by atoms with Gasteiger partial charge in [-0.05, 0) is 56.6 Å². The molecule has 21 heavy (non-hydrogen) atoms. The number of rotatable bonds is 4. The Labute approximate surface area is 126 Å².